The number of carbonyl (C=O) groups excluding carboxylic acids is 1. The van der Waals surface area contributed by atoms with E-state index in [4.69, 9.17) is 0 Å². The van der Waals surface area contributed by atoms with Crippen LogP contribution in [0.3, 0.4) is 0 Å². The third kappa shape index (κ3) is 8.71. The van der Waals surface area contributed by atoms with Gasteiger partial charge in [-0.1, -0.05) is 37.3 Å². The fourth-order valence-corrected chi connectivity index (χ4v) is 4.49. The molecule has 1 aliphatic rings. The van der Waals surface area contributed by atoms with Crippen LogP contribution in [0.4, 0.5) is 0 Å². The van der Waals surface area contributed by atoms with Crippen LogP contribution in [0.25, 0.3) is 0 Å². The SMILES string of the molecule is CCc1ccc(CNC(=NCC(=O)N(C)C)NC2CCN(Cc3ccccc3)CC2)s1.I. The lowest BCUT2D eigenvalue weighted by Crippen LogP contribution is -2.48. The van der Waals surface area contributed by atoms with Crippen LogP contribution in [-0.2, 0) is 24.3 Å². The molecule has 0 unspecified atom stereocenters. The molecule has 0 spiro atoms. The first-order valence-electron chi connectivity index (χ1n) is 11.1. The number of aliphatic imine (C=N–C) groups is 1. The smallest absolute Gasteiger partial charge is 0.243 e. The number of rotatable bonds is 8. The molecule has 2 heterocycles. The first-order valence-corrected chi connectivity index (χ1v) is 11.9. The van der Waals surface area contributed by atoms with E-state index in [0.29, 0.717) is 6.04 Å². The number of amides is 1. The van der Waals surface area contributed by atoms with E-state index in [1.165, 1.54) is 15.3 Å². The maximum Gasteiger partial charge on any atom is 0.243 e. The van der Waals surface area contributed by atoms with Gasteiger partial charge in [-0.3, -0.25) is 9.69 Å². The van der Waals surface area contributed by atoms with Crippen LogP contribution in [0.5, 0.6) is 0 Å². The van der Waals surface area contributed by atoms with Gasteiger partial charge in [-0.15, -0.1) is 35.3 Å². The van der Waals surface area contributed by atoms with Crippen molar-refractivity contribution < 1.29 is 4.79 Å². The third-order valence-electron chi connectivity index (χ3n) is 5.54. The van der Waals surface area contributed by atoms with Crippen LogP contribution in [0.1, 0.15) is 35.1 Å². The predicted molar refractivity (Wildman–Crippen MR) is 145 cm³/mol. The van der Waals surface area contributed by atoms with Gasteiger partial charge in [0.15, 0.2) is 5.96 Å². The zero-order chi connectivity index (χ0) is 22.1. The minimum absolute atomic E-state index is 0. The largest absolute Gasteiger partial charge is 0.354 e. The lowest BCUT2D eigenvalue weighted by Gasteiger charge is -2.33. The number of likely N-dealkylation sites (N-methyl/N-ethyl adjacent to an activating group) is 1. The van der Waals surface area contributed by atoms with Crippen LogP contribution < -0.4 is 10.6 Å². The lowest BCUT2D eigenvalue weighted by atomic mass is 10.0. The highest BCUT2D eigenvalue weighted by molar-refractivity contribution is 14.0. The molecular formula is C24H36IN5OS. The molecule has 1 amide bonds. The van der Waals surface area contributed by atoms with Crippen molar-refractivity contribution in [3.8, 4) is 0 Å². The summed E-state index contributed by atoms with van der Waals surface area (Å²) in [5.41, 5.74) is 1.36. The number of nitrogens with one attached hydrogen (secondary N) is 2. The summed E-state index contributed by atoms with van der Waals surface area (Å²) in [6, 6.07) is 15.4. The van der Waals surface area contributed by atoms with Gasteiger partial charge in [0, 0.05) is 49.5 Å². The van der Waals surface area contributed by atoms with Crippen molar-refractivity contribution in [2.24, 2.45) is 4.99 Å². The van der Waals surface area contributed by atoms with E-state index in [1.54, 1.807) is 19.0 Å². The minimum atomic E-state index is 0. The quantitative estimate of drug-likeness (QED) is 0.289. The fourth-order valence-electron chi connectivity index (χ4n) is 3.59. The molecule has 0 atom stereocenters. The molecule has 2 N–H and O–H groups in total. The molecule has 1 aromatic carbocycles. The number of benzene rings is 1. The molecule has 1 aliphatic heterocycles. The van der Waals surface area contributed by atoms with Crippen LogP contribution in [0.2, 0.25) is 0 Å². The number of hydrogen-bond donors (Lipinski definition) is 2. The normalized spacial score (nSPS) is 15.2. The average Bonchev–Trinajstić information content (AvgIpc) is 3.25. The maximum absolute atomic E-state index is 12.0. The number of carbonyl (C=O) groups is 1. The fraction of sp³-hybridized carbons (Fsp3) is 0.500. The second-order valence-electron chi connectivity index (χ2n) is 8.21. The van der Waals surface area contributed by atoms with Crippen LogP contribution in [0, 0.1) is 0 Å². The van der Waals surface area contributed by atoms with Gasteiger partial charge in [0.1, 0.15) is 6.54 Å². The molecule has 0 radical (unpaired) electrons. The van der Waals surface area contributed by atoms with Gasteiger partial charge in [-0.25, -0.2) is 4.99 Å². The Kier molecular flexibility index (Phi) is 11.5. The molecule has 1 aromatic heterocycles. The van der Waals surface area contributed by atoms with E-state index in [1.807, 2.05) is 11.3 Å². The molecule has 8 heteroatoms. The topological polar surface area (TPSA) is 60.0 Å². The second kappa shape index (κ2) is 13.8. The Morgan fingerprint density at radius 3 is 2.44 bits per heavy atom. The summed E-state index contributed by atoms with van der Waals surface area (Å²) in [6.07, 6.45) is 3.19. The average molecular weight is 570 g/mol. The zero-order valence-electron chi connectivity index (χ0n) is 19.3. The molecule has 176 valence electrons. The van der Waals surface area contributed by atoms with Crippen molar-refractivity contribution >= 4 is 47.2 Å². The van der Waals surface area contributed by atoms with E-state index in [9.17, 15) is 4.79 Å². The van der Waals surface area contributed by atoms with Gasteiger partial charge in [-0.05, 0) is 37.0 Å². The highest BCUT2D eigenvalue weighted by Crippen LogP contribution is 2.17. The predicted octanol–water partition coefficient (Wildman–Crippen LogP) is 3.72. The number of thiophene rings is 1. The number of aryl methyl sites for hydroxylation is 1. The summed E-state index contributed by atoms with van der Waals surface area (Å²) in [6.45, 7) is 6.17. The number of nitrogens with zero attached hydrogens (tertiary/aromatic N) is 3. The van der Waals surface area contributed by atoms with E-state index in [2.05, 4.69) is 69.9 Å². The number of halogens is 1. The second-order valence-corrected chi connectivity index (χ2v) is 9.46. The standard InChI is InChI=1S/C24H35N5OS.HI/c1-4-21-10-11-22(31-21)16-25-24(26-17-23(30)28(2)3)27-20-12-14-29(15-13-20)18-19-8-6-5-7-9-19;/h5-11,20H,4,12-18H2,1-3H3,(H2,25,26,27);1H. The van der Waals surface area contributed by atoms with E-state index in [-0.39, 0.29) is 36.4 Å². The Bertz CT molecular complexity index is 847. The van der Waals surface area contributed by atoms with Gasteiger partial charge < -0.3 is 15.5 Å². The minimum Gasteiger partial charge on any atom is -0.354 e. The first kappa shape index (κ1) is 26.6. The number of piperidine rings is 1. The monoisotopic (exact) mass is 569 g/mol. The van der Waals surface area contributed by atoms with Crippen molar-refractivity contribution in [1.82, 2.24) is 20.4 Å². The summed E-state index contributed by atoms with van der Waals surface area (Å²) in [4.78, 5) is 23.3. The molecule has 1 fully saturated rings. The lowest BCUT2D eigenvalue weighted by molar-refractivity contribution is -0.127. The summed E-state index contributed by atoms with van der Waals surface area (Å²) < 4.78 is 0. The first-order chi connectivity index (χ1) is 15.0. The van der Waals surface area contributed by atoms with Gasteiger partial charge in [-0.2, -0.15) is 0 Å². The molecule has 0 bridgehead atoms. The molecule has 0 saturated carbocycles. The molecule has 1 saturated heterocycles. The van der Waals surface area contributed by atoms with Gasteiger partial charge in [0.2, 0.25) is 5.91 Å². The summed E-state index contributed by atoms with van der Waals surface area (Å²) in [5, 5.41) is 7.00. The summed E-state index contributed by atoms with van der Waals surface area (Å²) in [5.74, 6) is 0.728. The Morgan fingerprint density at radius 2 is 1.81 bits per heavy atom. The molecule has 3 rings (SSSR count). The van der Waals surface area contributed by atoms with E-state index in [0.717, 1.165) is 51.4 Å². The Labute approximate surface area is 213 Å². The number of likely N-dealkylation sites (tertiary alicyclic amines) is 1. The summed E-state index contributed by atoms with van der Waals surface area (Å²) in [7, 11) is 3.53. The van der Waals surface area contributed by atoms with Crippen molar-refractivity contribution in [2.45, 2.75) is 45.3 Å². The molecule has 6 nitrogen and oxygen atoms in total. The van der Waals surface area contributed by atoms with Gasteiger partial charge in [0.25, 0.3) is 0 Å². The van der Waals surface area contributed by atoms with Crippen LogP contribution in [0.15, 0.2) is 47.5 Å². The number of hydrogen-bond acceptors (Lipinski definition) is 4. The Morgan fingerprint density at radius 1 is 1.12 bits per heavy atom. The van der Waals surface area contributed by atoms with Crippen molar-refractivity contribution in [1.29, 1.82) is 0 Å². The Hall–Kier alpha value is -1.65. The third-order valence-corrected chi connectivity index (χ3v) is 6.77. The number of guanidine groups is 1. The van der Waals surface area contributed by atoms with Crippen molar-refractivity contribution in [2.75, 3.05) is 33.7 Å². The molecule has 0 aliphatic carbocycles. The van der Waals surface area contributed by atoms with Crippen LogP contribution in [-0.4, -0.2) is 61.4 Å². The highest BCUT2D eigenvalue weighted by Gasteiger charge is 2.20. The Balaban J connectivity index is 0.00000363. The summed E-state index contributed by atoms with van der Waals surface area (Å²) >= 11 is 1.82. The van der Waals surface area contributed by atoms with Gasteiger partial charge in [0.05, 0.1) is 6.54 Å². The van der Waals surface area contributed by atoms with Gasteiger partial charge >= 0.3 is 0 Å². The molecule has 32 heavy (non-hydrogen) atoms. The maximum atomic E-state index is 12.0. The van der Waals surface area contributed by atoms with Crippen molar-refractivity contribution in [3.05, 3.63) is 57.8 Å². The van der Waals surface area contributed by atoms with E-state index < -0.39 is 0 Å². The molecule has 2 aromatic rings. The van der Waals surface area contributed by atoms with Crippen molar-refractivity contribution in [3.63, 3.8) is 0 Å². The highest BCUT2D eigenvalue weighted by atomic mass is 127. The molecular weight excluding hydrogens is 533 g/mol. The van der Waals surface area contributed by atoms with Crippen LogP contribution >= 0.6 is 35.3 Å². The zero-order valence-corrected chi connectivity index (χ0v) is 22.5. The van der Waals surface area contributed by atoms with E-state index >= 15 is 0 Å².